The van der Waals surface area contributed by atoms with E-state index >= 15 is 0 Å². The van der Waals surface area contributed by atoms with E-state index in [1.54, 1.807) is 36.3 Å². The largest absolute Gasteiger partial charge is 0.507 e. The molecule has 0 spiro atoms. The Hall–Kier alpha value is -3.84. The molecule has 0 radical (unpaired) electrons. The van der Waals surface area contributed by atoms with Crippen LogP contribution < -0.4 is 4.74 Å². The van der Waals surface area contributed by atoms with E-state index in [1.165, 1.54) is 0 Å². The first kappa shape index (κ1) is 25.8. The predicted octanol–water partition coefficient (Wildman–Crippen LogP) is 6.73. The number of H-pyrrole nitrogens is 1. The van der Waals surface area contributed by atoms with E-state index in [-0.39, 0.29) is 11.3 Å². The molecule has 0 aliphatic carbocycles. The summed E-state index contributed by atoms with van der Waals surface area (Å²) in [6, 6.07) is 20.1. The van der Waals surface area contributed by atoms with Crippen molar-refractivity contribution in [1.82, 2.24) is 9.88 Å². The van der Waals surface area contributed by atoms with E-state index in [0.29, 0.717) is 24.4 Å². The summed E-state index contributed by atoms with van der Waals surface area (Å²) in [5, 5.41) is 12.3. The number of methoxy groups -OCH3 is 1. The number of aliphatic hydroxyl groups is 1. The summed E-state index contributed by atoms with van der Waals surface area (Å²) in [6.07, 6.45) is 2.45. The molecule has 0 bridgehead atoms. The van der Waals surface area contributed by atoms with Crippen LogP contribution in [0.2, 0.25) is 0 Å². The van der Waals surface area contributed by atoms with Crippen molar-refractivity contribution in [2.75, 3.05) is 13.7 Å². The highest BCUT2D eigenvalue weighted by Gasteiger charge is 2.45. The van der Waals surface area contributed by atoms with Crippen LogP contribution >= 0.6 is 15.9 Å². The van der Waals surface area contributed by atoms with Crippen LogP contribution in [0.3, 0.4) is 0 Å². The number of nitrogens with zero attached hydrogens (tertiary/aromatic N) is 1. The number of likely N-dealkylation sites (tertiary alicyclic amines) is 1. The van der Waals surface area contributed by atoms with Crippen LogP contribution in [0.15, 0.2) is 83.0 Å². The summed E-state index contributed by atoms with van der Waals surface area (Å²) in [4.78, 5) is 31.6. The minimum Gasteiger partial charge on any atom is -0.507 e. The number of aromatic amines is 1. The van der Waals surface area contributed by atoms with Crippen molar-refractivity contribution in [3.05, 3.63) is 105 Å². The summed E-state index contributed by atoms with van der Waals surface area (Å²) in [7, 11) is 1.63. The Morgan fingerprint density at radius 3 is 2.42 bits per heavy atom. The van der Waals surface area contributed by atoms with Crippen molar-refractivity contribution >= 4 is 44.3 Å². The van der Waals surface area contributed by atoms with E-state index < -0.39 is 17.7 Å². The second kappa shape index (κ2) is 10.5. The first-order chi connectivity index (χ1) is 18.3. The molecule has 1 aromatic heterocycles. The predicted molar refractivity (Wildman–Crippen MR) is 152 cm³/mol. The fourth-order valence-electron chi connectivity index (χ4n) is 5.02. The van der Waals surface area contributed by atoms with Gasteiger partial charge in [0.1, 0.15) is 11.5 Å². The van der Waals surface area contributed by atoms with Crippen LogP contribution in [-0.2, 0) is 16.0 Å². The Kier molecular flexibility index (Phi) is 7.13. The number of aliphatic hydroxyl groups excluding tert-OH is 1. The van der Waals surface area contributed by atoms with E-state index in [0.717, 1.165) is 37.8 Å². The first-order valence-corrected chi connectivity index (χ1v) is 13.4. The third-order valence-corrected chi connectivity index (χ3v) is 7.70. The first-order valence-electron chi connectivity index (χ1n) is 12.6. The number of fused-ring (bicyclic) bond motifs is 1. The van der Waals surface area contributed by atoms with Crippen molar-refractivity contribution in [1.29, 1.82) is 0 Å². The van der Waals surface area contributed by atoms with Crippen molar-refractivity contribution < 1.29 is 19.4 Å². The summed E-state index contributed by atoms with van der Waals surface area (Å²) >= 11 is 3.40. The van der Waals surface area contributed by atoms with Crippen LogP contribution in [-0.4, -0.2) is 40.3 Å². The normalized spacial score (nSPS) is 17.1. The summed E-state index contributed by atoms with van der Waals surface area (Å²) in [6.45, 7) is 4.54. The molecule has 194 valence electrons. The molecule has 3 aromatic carbocycles. The maximum atomic E-state index is 13.4. The molecule has 1 saturated heterocycles. The molecule has 0 saturated carbocycles. The lowest BCUT2D eigenvalue weighted by Gasteiger charge is -2.25. The number of hydrogen-bond acceptors (Lipinski definition) is 4. The fourth-order valence-corrected chi connectivity index (χ4v) is 5.28. The molecular formula is C31H29BrN2O4. The Morgan fingerprint density at radius 1 is 1.05 bits per heavy atom. The number of carbonyl (C=O) groups excluding carboxylic acids is 2. The molecule has 1 aliphatic rings. The number of hydrogen-bond donors (Lipinski definition) is 2. The third kappa shape index (κ3) is 4.74. The van der Waals surface area contributed by atoms with Gasteiger partial charge in [-0.15, -0.1) is 0 Å². The quantitative estimate of drug-likeness (QED) is 0.146. The van der Waals surface area contributed by atoms with Crippen molar-refractivity contribution in [3.8, 4) is 5.75 Å². The zero-order valence-electron chi connectivity index (χ0n) is 21.5. The average molecular weight is 573 g/mol. The summed E-state index contributed by atoms with van der Waals surface area (Å²) in [5.74, 6) is -0.369. The molecular weight excluding hydrogens is 544 g/mol. The van der Waals surface area contributed by atoms with Gasteiger partial charge in [-0.3, -0.25) is 9.59 Å². The molecule has 4 aromatic rings. The van der Waals surface area contributed by atoms with Gasteiger partial charge in [-0.1, -0.05) is 66.2 Å². The van der Waals surface area contributed by atoms with Gasteiger partial charge < -0.3 is 19.7 Å². The number of halogens is 1. The Labute approximate surface area is 230 Å². The molecule has 1 aliphatic heterocycles. The number of aromatic nitrogens is 1. The van der Waals surface area contributed by atoms with Gasteiger partial charge in [-0.2, -0.15) is 0 Å². The standard InChI is InChI=1S/C31H29BrN2O4/c1-18(2)19-4-6-20(7-5-19)28-27(29(35)21-8-10-23(32)11-9-21)30(36)31(37)34(28)15-14-22-17-33-26-13-12-24(38-3)16-25(22)26/h4-13,16-18,28,33,35H,14-15H2,1-3H3/b29-27-. The minimum atomic E-state index is -0.695. The van der Waals surface area contributed by atoms with E-state index in [9.17, 15) is 14.7 Å². The number of benzene rings is 3. The molecule has 5 rings (SSSR count). The monoisotopic (exact) mass is 572 g/mol. The maximum Gasteiger partial charge on any atom is 0.295 e. The second-order valence-electron chi connectivity index (χ2n) is 9.80. The summed E-state index contributed by atoms with van der Waals surface area (Å²) < 4.78 is 6.24. The lowest BCUT2D eigenvalue weighted by atomic mass is 9.93. The molecule has 38 heavy (non-hydrogen) atoms. The SMILES string of the molecule is COc1ccc2[nH]cc(CCN3C(=O)C(=O)/C(=C(\O)c4ccc(Br)cc4)C3c3ccc(C(C)C)cc3)c2c1. The van der Waals surface area contributed by atoms with Gasteiger partial charge in [-0.25, -0.2) is 0 Å². The van der Waals surface area contributed by atoms with Crippen LogP contribution in [0.25, 0.3) is 16.7 Å². The number of ether oxygens (including phenoxy) is 1. The third-order valence-electron chi connectivity index (χ3n) is 7.17. The van der Waals surface area contributed by atoms with Gasteiger partial charge in [0.25, 0.3) is 11.7 Å². The summed E-state index contributed by atoms with van der Waals surface area (Å²) in [5.41, 5.74) is 4.52. The van der Waals surface area contributed by atoms with Crippen molar-refractivity contribution in [2.45, 2.75) is 32.2 Å². The Balaban J connectivity index is 1.55. The number of rotatable bonds is 7. The molecule has 1 fully saturated rings. The topological polar surface area (TPSA) is 82.6 Å². The van der Waals surface area contributed by atoms with E-state index in [4.69, 9.17) is 4.74 Å². The van der Waals surface area contributed by atoms with Gasteiger partial charge in [0, 0.05) is 33.7 Å². The molecule has 1 amide bonds. The molecule has 2 heterocycles. The smallest absolute Gasteiger partial charge is 0.295 e. The van der Waals surface area contributed by atoms with Gasteiger partial charge in [-0.05, 0) is 59.4 Å². The number of nitrogens with one attached hydrogen (secondary N) is 1. The Morgan fingerprint density at radius 2 is 1.76 bits per heavy atom. The lowest BCUT2D eigenvalue weighted by Crippen LogP contribution is -2.31. The highest BCUT2D eigenvalue weighted by molar-refractivity contribution is 9.10. The lowest BCUT2D eigenvalue weighted by molar-refractivity contribution is -0.139. The van der Waals surface area contributed by atoms with Crippen molar-refractivity contribution in [3.63, 3.8) is 0 Å². The fraction of sp³-hybridized carbons (Fsp3) is 0.226. The number of carbonyl (C=O) groups is 2. The molecule has 1 unspecified atom stereocenters. The van der Waals surface area contributed by atoms with Gasteiger partial charge in [0.05, 0.1) is 18.7 Å². The van der Waals surface area contributed by atoms with Crippen molar-refractivity contribution in [2.24, 2.45) is 0 Å². The minimum absolute atomic E-state index is 0.107. The maximum absolute atomic E-state index is 13.4. The molecule has 1 atom stereocenters. The number of amides is 1. The average Bonchev–Trinajstić information content (AvgIpc) is 3.44. The number of ketones is 1. The zero-order chi connectivity index (χ0) is 27.0. The van der Waals surface area contributed by atoms with Gasteiger partial charge in [0.2, 0.25) is 0 Å². The van der Waals surface area contributed by atoms with Crippen LogP contribution in [0.1, 0.15) is 48.1 Å². The van der Waals surface area contributed by atoms with Crippen LogP contribution in [0.4, 0.5) is 0 Å². The molecule has 7 heteroatoms. The zero-order valence-corrected chi connectivity index (χ0v) is 23.1. The van der Waals surface area contributed by atoms with Crippen LogP contribution in [0.5, 0.6) is 5.75 Å². The van der Waals surface area contributed by atoms with Gasteiger partial charge >= 0.3 is 0 Å². The Bertz CT molecular complexity index is 1530. The van der Waals surface area contributed by atoms with E-state index in [1.807, 2.05) is 48.7 Å². The molecule has 2 N–H and O–H groups in total. The highest BCUT2D eigenvalue weighted by atomic mass is 79.9. The number of Topliss-reactive ketones (excluding diaryl/α,β-unsaturated/α-hetero) is 1. The van der Waals surface area contributed by atoms with E-state index in [2.05, 4.69) is 34.8 Å². The second-order valence-corrected chi connectivity index (χ2v) is 10.7. The van der Waals surface area contributed by atoms with Crippen LogP contribution in [0, 0.1) is 0 Å². The van der Waals surface area contributed by atoms with Gasteiger partial charge in [0.15, 0.2) is 0 Å². The highest BCUT2D eigenvalue weighted by Crippen LogP contribution is 2.40. The molecule has 6 nitrogen and oxygen atoms in total.